The number of aliphatic hydroxyl groups excluding tert-OH is 4. The van der Waals surface area contributed by atoms with Crippen LogP contribution in [-0.2, 0) is 23.7 Å². The SMILES string of the molecule is CCCCC/C=C\C/C=C\CCCCCCCCCCOCC(COC1OC(CO)C(O)C(O)C1O)OC(C)=O. The highest BCUT2D eigenvalue weighted by atomic mass is 16.7. The molecule has 0 aromatic heterocycles. The van der Waals surface area contributed by atoms with Crippen molar-refractivity contribution in [1.29, 1.82) is 0 Å². The third-order valence-corrected chi connectivity index (χ3v) is 6.92. The molecule has 1 saturated heterocycles. The number of ether oxygens (including phenoxy) is 4. The molecule has 40 heavy (non-hydrogen) atoms. The van der Waals surface area contributed by atoms with Crippen LogP contribution in [0.5, 0.6) is 0 Å². The quantitative estimate of drug-likeness (QED) is 0.0756. The minimum absolute atomic E-state index is 0.126. The lowest BCUT2D eigenvalue weighted by molar-refractivity contribution is -0.305. The van der Waals surface area contributed by atoms with Gasteiger partial charge < -0.3 is 39.4 Å². The van der Waals surface area contributed by atoms with Gasteiger partial charge in [0.2, 0.25) is 0 Å². The first kappa shape index (κ1) is 36.7. The predicted octanol–water partition coefficient (Wildman–Crippen LogP) is 4.34. The highest BCUT2D eigenvalue weighted by Crippen LogP contribution is 2.22. The molecule has 0 aromatic carbocycles. The number of carbonyl (C=O) groups excluding carboxylic acids is 1. The van der Waals surface area contributed by atoms with Gasteiger partial charge in [-0.05, 0) is 38.5 Å². The van der Waals surface area contributed by atoms with E-state index in [9.17, 15) is 25.2 Å². The van der Waals surface area contributed by atoms with Crippen molar-refractivity contribution in [2.75, 3.05) is 26.4 Å². The Bertz CT molecular complexity index is 667. The second kappa shape index (κ2) is 24.3. The van der Waals surface area contributed by atoms with Gasteiger partial charge in [0.25, 0.3) is 0 Å². The molecule has 6 atom stereocenters. The van der Waals surface area contributed by atoms with Crippen LogP contribution >= 0.6 is 0 Å². The summed E-state index contributed by atoms with van der Waals surface area (Å²) in [4.78, 5) is 11.4. The maximum atomic E-state index is 11.4. The number of hydrogen-bond acceptors (Lipinski definition) is 9. The molecular weight excluding hydrogens is 516 g/mol. The first-order valence-electron chi connectivity index (χ1n) is 15.4. The summed E-state index contributed by atoms with van der Waals surface area (Å²) in [6.45, 7) is 3.51. The summed E-state index contributed by atoms with van der Waals surface area (Å²) < 4.78 is 21.7. The molecule has 9 heteroatoms. The summed E-state index contributed by atoms with van der Waals surface area (Å²) >= 11 is 0. The fourth-order valence-corrected chi connectivity index (χ4v) is 4.52. The monoisotopic (exact) mass is 572 g/mol. The predicted molar refractivity (Wildman–Crippen MR) is 155 cm³/mol. The lowest BCUT2D eigenvalue weighted by atomic mass is 9.99. The molecule has 0 aliphatic carbocycles. The van der Waals surface area contributed by atoms with Gasteiger partial charge in [-0.1, -0.05) is 82.6 Å². The Balaban J connectivity index is 2.04. The lowest BCUT2D eigenvalue weighted by Gasteiger charge is -2.39. The van der Waals surface area contributed by atoms with E-state index < -0.39 is 49.4 Å². The van der Waals surface area contributed by atoms with Crippen LogP contribution in [0.15, 0.2) is 24.3 Å². The molecule has 0 saturated carbocycles. The lowest BCUT2D eigenvalue weighted by Crippen LogP contribution is -2.59. The molecule has 0 amide bonds. The van der Waals surface area contributed by atoms with Crippen molar-refractivity contribution in [2.45, 2.75) is 141 Å². The van der Waals surface area contributed by atoms with E-state index in [1.54, 1.807) is 0 Å². The van der Waals surface area contributed by atoms with Crippen molar-refractivity contribution in [2.24, 2.45) is 0 Å². The number of unbranched alkanes of at least 4 members (excludes halogenated alkanes) is 11. The second-order valence-corrected chi connectivity index (χ2v) is 10.6. The van der Waals surface area contributed by atoms with Crippen molar-refractivity contribution in [1.82, 2.24) is 0 Å². The van der Waals surface area contributed by atoms with Crippen LogP contribution < -0.4 is 0 Å². The molecule has 0 radical (unpaired) electrons. The molecule has 4 N–H and O–H groups in total. The number of hydrogen-bond donors (Lipinski definition) is 4. The van der Waals surface area contributed by atoms with Gasteiger partial charge in [-0.2, -0.15) is 0 Å². The summed E-state index contributed by atoms with van der Waals surface area (Å²) in [6, 6.07) is 0. The zero-order valence-electron chi connectivity index (χ0n) is 24.8. The average Bonchev–Trinajstić information content (AvgIpc) is 2.94. The van der Waals surface area contributed by atoms with Crippen molar-refractivity contribution in [3.05, 3.63) is 24.3 Å². The van der Waals surface area contributed by atoms with Gasteiger partial charge in [0.15, 0.2) is 6.29 Å². The van der Waals surface area contributed by atoms with Gasteiger partial charge in [-0.15, -0.1) is 0 Å². The second-order valence-electron chi connectivity index (χ2n) is 10.6. The van der Waals surface area contributed by atoms with Gasteiger partial charge in [0.1, 0.15) is 30.5 Å². The van der Waals surface area contributed by atoms with E-state index in [1.165, 1.54) is 77.6 Å². The molecule has 0 aromatic rings. The minimum Gasteiger partial charge on any atom is -0.458 e. The number of allylic oxidation sites excluding steroid dienone is 4. The number of esters is 1. The van der Waals surface area contributed by atoms with Crippen LogP contribution in [0.3, 0.4) is 0 Å². The maximum Gasteiger partial charge on any atom is 0.303 e. The molecule has 1 aliphatic heterocycles. The van der Waals surface area contributed by atoms with Crippen LogP contribution in [-0.4, -0.2) is 89.6 Å². The van der Waals surface area contributed by atoms with E-state index in [-0.39, 0.29) is 13.2 Å². The van der Waals surface area contributed by atoms with Gasteiger partial charge in [0.05, 0.1) is 19.8 Å². The molecule has 1 aliphatic rings. The molecule has 234 valence electrons. The van der Waals surface area contributed by atoms with Crippen LogP contribution in [0.4, 0.5) is 0 Å². The minimum atomic E-state index is -1.53. The number of rotatable bonds is 24. The standard InChI is InChI=1S/C31H56O9/c1-3-4-5-6-7-8-9-10-11-12-13-14-15-16-17-18-19-20-21-37-23-26(39-25(2)33)24-38-31-30(36)29(35)28(34)27(22-32)40-31/h7-8,10-11,26-32,34-36H,3-6,9,12-24H2,1-2H3/b8-7-,11-10-. The third-order valence-electron chi connectivity index (χ3n) is 6.92. The van der Waals surface area contributed by atoms with Crippen LogP contribution in [0.25, 0.3) is 0 Å². The van der Waals surface area contributed by atoms with Gasteiger partial charge in [-0.25, -0.2) is 0 Å². The van der Waals surface area contributed by atoms with Gasteiger partial charge in [0, 0.05) is 13.5 Å². The molecule has 0 spiro atoms. The summed E-state index contributed by atoms with van der Waals surface area (Å²) in [7, 11) is 0. The van der Waals surface area contributed by atoms with Crippen molar-refractivity contribution in [3.63, 3.8) is 0 Å². The Kier molecular flexibility index (Phi) is 22.3. The van der Waals surface area contributed by atoms with E-state index >= 15 is 0 Å². The van der Waals surface area contributed by atoms with E-state index in [0.29, 0.717) is 6.61 Å². The largest absolute Gasteiger partial charge is 0.458 e. The first-order valence-corrected chi connectivity index (χ1v) is 15.4. The summed E-state index contributed by atoms with van der Waals surface area (Å²) in [5, 5.41) is 39.1. The smallest absolute Gasteiger partial charge is 0.303 e. The van der Waals surface area contributed by atoms with E-state index in [2.05, 4.69) is 31.2 Å². The van der Waals surface area contributed by atoms with Crippen molar-refractivity contribution >= 4 is 5.97 Å². The molecule has 1 rings (SSSR count). The zero-order chi connectivity index (χ0) is 29.4. The summed E-state index contributed by atoms with van der Waals surface area (Å²) in [5.41, 5.74) is 0. The van der Waals surface area contributed by atoms with E-state index in [1.807, 2.05) is 0 Å². The maximum absolute atomic E-state index is 11.4. The Hall–Kier alpha value is -1.33. The van der Waals surface area contributed by atoms with Gasteiger partial charge in [-0.3, -0.25) is 4.79 Å². The Labute approximate surface area is 241 Å². The van der Waals surface area contributed by atoms with Crippen LogP contribution in [0.1, 0.15) is 104 Å². The highest BCUT2D eigenvalue weighted by molar-refractivity contribution is 5.66. The van der Waals surface area contributed by atoms with Crippen molar-refractivity contribution < 1.29 is 44.2 Å². The van der Waals surface area contributed by atoms with E-state index in [0.717, 1.165) is 19.3 Å². The molecule has 1 fully saturated rings. The Morgan fingerprint density at radius 3 is 2.00 bits per heavy atom. The van der Waals surface area contributed by atoms with Crippen LogP contribution in [0, 0.1) is 0 Å². The van der Waals surface area contributed by atoms with Crippen molar-refractivity contribution in [3.8, 4) is 0 Å². The van der Waals surface area contributed by atoms with E-state index in [4.69, 9.17) is 18.9 Å². The molecule has 9 nitrogen and oxygen atoms in total. The average molecular weight is 573 g/mol. The zero-order valence-corrected chi connectivity index (χ0v) is 24.8. The molecule has 1 heterocycles. The Morgan fingerprint density at radius 1 is 0.800 bits per heavy atom. The molecular formula is C31H56O9. The topological polar surface area (TPSA) is 135 Å². The first-order chi connectivity index (χ1) is 19.4. The third kappa shape index (κ3) is 17.5. The van der Waals surface area contributed by atoms with Gasteiger partial charge >= 0.3 is 5.97 Å². The number of aliphatic hydroxyl groups is 4. The fourth-order valence-electron chi connectivity index (χ4n) is 4.52. The van der Waals surface area contributed by atoms with Crippen LogP contribution in [0.2, 0.25) is 0 Å². The highest BCUT2D eigenvalue weighted by Gasteiger charge is 2.44. The Morgan fingerprint density at radius 2 is 1.40 bits per heavy atom. The summed E-state index contributed by atoms with van der Waals surface area (Å²) in [5.74, 6) is -0.493. The fraction of sp³-hybridized carbons (Fsp3) is 0.839. The normalized spacial score (nSPS) is 24.2. The number of carbonyl (C=O) groups is 1. The molecule has 0 bridgehead atoms. The molecule has 6 unspecified atom stereocenters. The summed E-state index contributed by atoms with van der Waals surface area (Å²) in [6.07, 6.45) is 18.4.